The molecule has 4 amide bonds. The zero-order valence-electron chi connectivity index (χ0n) is 10.8. The van der Waals surface area contributed by atoms with Crippen LogP contribution in [-0.4, -0.2) is 53.0 Å². The van der Waals surface area contributed by atoms with Crippen LogP contribution in [0.25, 0.3) is 0 Å². The summed E-state index contributed by atoms with van der Waals surface area (Å²) in [5.74, 6) is -2.22. The zero-order valence-corrected chi connectivity index (χ0v) is 10.8. The van der Waals surface area contributed by atoms with Crippen LogP contribution in [0.5, 0.6) is 0 Å². The fourth-order valence-corrected chi connectivity index (χ4v) is 1.71. The lowest BCUT2D eigenvalue weighted by atomic mass is 10.0. The molecule has 0 radical (unpaired) electrons. The third kappa shape index (κ3) is 4.57. The Morgan fingerprint density at radius 1 is 1.32 bits per heavy atom. The van der Waals surface area contributed by atoms with Gasteiger partial charge >= 0.3 is 12.0 Å². The molecule has 0 aromatic heterocycles. The first-order valence-electron chi connectivity index (χ1n) is 5.90. The molecular formula is C11H17N3O5. The molecule has 8 heteroatoms. The third-order valence-corrected chi connectivity index (χ3v) is 2.54. The summed E-state index contributed by atoms with van der Waals surface area (Å²) < 4.78 is 0. The molecule has 1 atom stereocenters. The topological polar surface area (TPSA) is 116 Å². The van der Waals surface area contributed by atoms with E-state index >= 15 is 0 Å². The van der Waals surface area contributed by atoms with Crippen LogP contribution >= 0.6 is 0 Å². The van der Waals surface area contributed by atoms with Crippen molar-refractivity contribution in [1.29, 1.82) is 0 Å². The minimum absolute atomic E-state index is 0.0905. The Kier molecular flexibility index (Phi) is 4.85. The van der Waals surface area contributed by atoms with Gasteiger partial charge in [-0.2, -0.15) is 0 Å². The number of piperazine rings is 1. The van der Waals surface area contributed by atoms with Crippen molar-refractivity contribution in [3.05, 3.63) is 0 Å². The number of carboxylic acids is 1. The first kappa shape index (κ1) is 14.9. The molecule has 0 aromatic rings. The molecule has 0 aliphatic carbocycles. The number of amides is 4. The molecule has 1 rings (SSSR count). The van der Waals surface area contributed by atoms with Gasteiger partial charge < -0.3 is 15.3 Å². The maximum atomic E-state index is 11.8. The lowest BCUT2D eigenvalue weighted by Gasteiger charge is -2.27. The van der Waals surface area contributed by atoms with E-state index in [1.165, 1.54) is 0 Å². The number of carbonyl (C=O) groups is 4. The second-order valence-electron chi connectivity index (χ2n) is 4.80. The third-order valence-electron chi connectivity index (χ3n) is 2.54. The summed E-state index contributed by atoms with van der Waals surface area (Å²) in [6, 6.07) is -1.76. The van der Waals surface area contributed by atoms with Crippen molar-refractivity contribution in [2.45, 2.75) is 26.3 Å². The monoisotopic (exact) mass is 271 g/mol. The Hall–Kier alpha value is -2.12. The first-order chi connectivity index (χ1) is 8.79. The highest BCUT2D eigenvalue weighted by atomic mass is 16.4. The number of hydrogen-bond acceptors (Lipinski definition) is 4. The van der Waals surface area contributed by atoms with E-state index in [9.17, 15) is 19.2 Å². The summed E-state index contributed by atoms with van der Waals surface area (Å²) in [6.45, 7) is 3.15. The lowest BCUT2D eigenvalue weighted by molar-refractivity contribution is -0.139. The van der Waals surface area contributed by atoms with Gasteiger partial charge in [0.2, 0.25) is 11.8 Å². The summed E-state index contributed by atoms with van der Waals surface area (Å²) in [7, 11) is 0. The molecule has 1 heterocycles. The fraction of sp³-hybridized carbons (Fsp3) is 0.636. The largest absolute Gasteiger partial charge is 0.480 e. The van der Waals surface area contributed by atoms with Gasteiger partial charge in [0.15, 0.2) is 0 Å². The van der Waals surface area contributed by atoms with Crippen molar-refractivity contribution in [3.63, 3.8) is 0 Å². The number of rotatable bonds is 4. The van der Waals surface area contributed by atoms with Crippen molar-refractivity contribution in [1.82, 2.24) is 15.5 Å². The van der Waals surface area contributed by atoms with Gasteiger partial charge in [-0.05, 0) is 12.3 Å². The summed E-state index contributed by atoms with van der Waals surface area (Å²) in [6.07, 6.45) is 0.273. The maximum absolute atomic E-state index is 11.8. The van der Waals surface area contributed by atoms with Gasteiger partial charge in [-0.15, -0.1) is 0 Å². The minimum atomic E-state index is -1.14. The lowest BCUT2D eigenvalue weighted by Crippen LogP contribution is -2.57. The van der Waals surface area contributed by atoms with Crippen LogP contribution < -0.4 is 10.6 Å². The minimum Gasteiger partial charge on any atom is -0.480 e. The van der Waals surface area contributed by atoms with Gasteiger partial charge in [0.25, 0.3) is 0 Å². The Bertz CT molecular complexity index is 391. The second-order valence-corrected chi connectivity index (χ2v) is 4.80. The average molecular weight is 271 g/mol. The molecule has 1 fully saturated rings. The van der Waals surface area contributed by atoms with Gasteiger partial charge in [-0.3, -0.25) is 14.9 Å². The molecule has 1 aliphatic heterocycles. The molecular weight excluding hydrogens is 254 g/mol. The molecule has 8 nitrogen and oxygen atoms in total. The van der Waals surface area contributed by atoms with E-state index in [1.807, 2.05) is 13.8 Å². The van der Waals surface area contributed by atoms with E-state index < -0.39 is 29.9 Å². The van der Waals surface area contributed by atoms with Crippen LogP contribution in [0.2, 0.25) is 0 Å². The first-order valence-corrected chi connectivity index (χ1v) is 5.90. The second kappa shape index (κ2) is 6.17. The van der Waals surface area contributed by atoms with E-state index in [4.69, 9.17) is 5.11 Å². The van der Waals surface area contributed by atoms with Gasteiger partial charge in [-0.1, -0.05) is 13.8 Å². The van der Waals surface area contributed by atoms with Crippen molar-refractivity contribution < 1.29 is 24.3 Å². The molecule has 0 aromatic carbocycles. The average Bonchev–Trinajstić information content (AvgIpc) is 2.25. The highest BCUT2D eigenvalue weighted by molar-refractivity contribution is 6.02. The van der Waals surface area contributed by atoms with Gasteiger partial charge in [-0.25, -0.2) is 9.59 Å². The number of imide groups is 1. The number of hydrogen-bond donors (Lipinski definition) is 3. The maximum Gasteiger partial charge on any atom is 0.326 e. The summed E-state index contributed by atoms with van der Waals surface area (Å²) in [5.41, 5.74) is 0. The number of aliphatic carboxylic acids is 1. The normalized spacial score (nSPS) is 17.1. The molecule has 3 N–H and O–H groups in total. The quantitative estimate of drug-likeness (QED) is 0.576. The Labute approximate surface area is 110 Å². The van der Waals surface area contributed by atoms with Crippen molar-refractivity contribution in [2.24, 2.45) is 5.92 Å². The molecule has 0 unspecified atom stereocenters. The Balaban J connectivity index is 2.63. The molecule has 1 aliphatic rings. The van der Waals surface area contributed by atoms with Crippen LogP contribution in [0.4, 0.5) is 4.79 Å². The van der Waals surface area contributed by atoms with Crippen molar-refractivity contribution in [2.75, 3.05) is 13.1 Å². The molecule has 1 saturated heterocycles. The number of nitrogens with zero attached hydrogens (tertiary/aromatic N) is 1. The highest BCUT2D eigenvalue weighted by Gasteiger charge is 2.29. The zero-order chi connectivity index (χ0) is 14.6. The Morgan fingerprint density at radius 2 is 1.84 bits per heavy atom. The summed E-state index contributed by atoms with van der Waals surface area (Å²) in [4.78, 5) is 46.0. The highest BCUT2D eigenvalue weighted by Crippen LogP contribution is 2.06. The van der Waals surface area contributed by atoms with E-state index in [0.717, 1.165) is 4.90 Å². The van der Waals surface area contributed by atoms with E-state index in [-0.39, 0.29) is 25.4 Å². The van der Waals surface area contributed by atoms with E-state index in [1.54, 1.807) is 0 Å². The number of carbonyl (C=O) groups excluding carboxylic acids is 3. The van der Waals surface area contributed by atoms with Crippen molar-refractivity contribution in [3.8, 4) is 0 Å². The Morgan fingerprint density at radius 3 is 2.26 bits per heavy atom. The van der Waals surface area contributed by atoms with Crippen LogP contribution in [0, 0.1) is 5.92 Å². The molecule has 0 spiro atoms. The van der Waals surface area contributed by atoms with Crippen LogP contribution in [0.1, 0.15) is 20.3 Å². The summed E-state index contributed by atoms with van der Waals surface area (Å²) in [5, 5.41) is 13.4. The number of carboxylic acid groups (broad SMARTS) is 1. The van der Waals surface area contributed by atoms with Crippen molar-refractivity contribution >= 4 is 23.8 Å². The van der Waals surface area contributed by atoms with Gasteiger partial charge in [0, 0.05) is 0 Å². The van der Waals surface area contributed by atoms with Crippen LogP contribution in [0.15, 0.2) is 0 Å². The summed E-state index contributed by atoms with van der Waals surface area (Å²) >= 11 is 0. The predicted molar refractivity (Wildman–Crippen MR) is 64.1 cm³/mol. The predicted octanol–water partition coefficient (Wildman–Crippen LogP) is -0.846. The van der Waals surface area contributed by atoms with Gasteiger partial charge in [0.1, 0.15) is 19.1 Å². The molecule has 19 heavy (non-hydrogen) atoms. The smallest absolute Gasteiger partial charge is 0.326 e. The van der Waals surface area contributed by atoms with Gasteiger partial charge in [0.05, 0.1) is 0 Å². The SMILES string of the molecule is CC(C)C[C@H](NC(=O)N1CC(=O)NC(=O)C1)C(=O)O. The van der Waals surface area contributed by atoms with Crippen LogP contribution in [-0.2, 0) is 14.4 Å². The van der Waals surface area contributed by atoms with Crippen LogP contribution in [0.3, 0.4) is 0 Å². The number of nitrogens with one attached hydrogen (secondary N) is 2. The fourth-order valence-electron chi connectivity index (χ4n) is 1.71. The standard InChI is InChI=1S/C11H17N3O5/c1-6(2)3-7(10(17)18)12-11(19)14-4-8(15)13-9(16)5-14/h6-7H,3-5H2,1-2H3,(H,12,19)(H,17,18)(H,13,15,16)/t7-/m0/s1. The molecule has 0 saturated carbocycles. The molecule has 0 bridgehead atoms. The molecule has 106 valence electrons. The number of urea groups is 1. The van der Waals surface area contributed by atoms with E-state index in [0.29, 0.717) is 0 Å². The van der Waals surface area contributed by atoms with E-state index in [2.05, 4.69) is 10.6 Å².